The second-order valence-electron chi connectivity index (χ2n) is 8.51. The molecule has 3 rings (SSSR count). The van der Waals surface area contributed by atoms with Crippen molar-refractivity contribution >= 4 is 5.97 Å². The third-order valence-corrected chi connectivity index (χ3v) is 7.41. The SMILES string of the molecule is C=CC1CC2C(C)(C(=O)O)CCCC2(C)C2CCC(C)=CC12. The van der Waals surface area contributed by atoms with Crippen molar-refractivity contribution in [3.63, 3.8) is 0 Å². The lowest BCUT2D eigenvalue weighted by molar-refractivity contribution is -0.171. The van der Waals surface area contributed by atoms with E-state index in [1.807, 2.05) is 6.92 Å². The van der Waals surface area contributed by atoms with Crippen LogP contribution in [0.4, 0.5) is 0 Å². The average Bonchev–Trinajstić information content (AvgIpc) is 2.46. The predicted octanol–water partition coefficient (Wildman–Crippen LogP) is 5.06. The number of carboxylic acid groups (broad SMARTS) is 1. The Kier molecular flexibility index (Phi) is 3.78. The maximum atomic E-state index is 12.0. The molecule has 0 saturated heterocycles. The second-order valence-corrected chi connectivity index (χ2v) is 8.51. The van der Waals surface area contributed by atoms with Gasteiger partial charge in [-0.05, 0) is 75.0 Å². The lowest BCUT2D eigenvalue weighted by Gasteiger charge is -2.61. The zero-order chi connectivity index (χ0) is 16.1. The molecular weight excluding hydrogens is 272 g/mol. The summed E-state index contributed by atoms with van der Waals surface area (Å²) in [4.78, 5) is 12.0. The van der Waals surface area contributed by atoms with Crippen LogP contribution in [0, 0.1) is 34.5 Å². The quantitative estimate of drug-likeness (QED) is 0.724. The van der Waals surface area contributed by atoms with Gasteiger partial charge in [0.1, 0.15) is 0 Å². The normalized spacial score (nSPS) is 47.9. The molecule has 6 unspecified atom stereocenters. The summed E-state index contributed by atoms with van der Waals surface area (Å²) in [5.74, 6) is 1.32. The van der Waals surface area contributed by atoms with Crippen LogP contribution in [0.2, 0.25) is 0 Å². The van der Waals surface area contributed by atoms with E-state index in [1.165, 1.54) is 24.8 Å². The Hall–Kier alpha value is -1.05. The van der Waals surface area contributed by atoms with E-state index >= 15 is 0 Å². The molecule has 0 aromatic carbocycles. The van der Waals surface area contributed by atoms with Gasteiger partial charge in [0.15, 0.2) is 0 Å². The number of rotatable bonds is 2. The number of aliphatic carboxylic acids is 1. The average molecular weight is 302 g/mol. The van der Waals surface area contributed by atoms with Crippen LogP contribution in [-0.4, -0.2) is 11.1 Å². The fraction of sp³-hybridized carbons (Fsp3) is 0.750. The van der Waals surface area contributed by atoms with Gasteiger partial charge in [-0.25, -0.2) is 0 Å². The maximum Gasteiger partial charge on any atom is 0.309 e. The Morgan fingerprint density at radius 1 is 1.41 bits per heavy atom. The Bertz CT molecular complexity index is 520. The van der Waals surface area contributed by atoms with Crippen LogP contribution in [-0.2, 0) is 4.79 Å². The van der Waals surface area contributed by atoms with Crippen LogP contribution in [0.3, 0.4) is 0 Å². The van der Waals surface area contributed by atoms with Crippen molar-refractivity contribution in [3.05, 3.63) is 24.3 Å². The smallest absolute Gasteiger partial charge is 0.309 e. The van der Waals surface area contributed by atoms with Gasteiger partial charge in [0.2, 0.25) is 0 Å². The van der Waals surface area contributed by atoms with Crippen LogP contribution in [0.15, 0.2) is 24.3 Å². The first-order chi connectivity index (χ1) is 10.3. The molecule has 2 saturated carbocycles. The molecule has 3 aliphatic carbocycles. The van der Waals surface area contributed by atoms with Crippen molar-refractivity contribution < 1.29 is 9.90 Å². The standard InChI is InChI=1S/C20H30O2/c1-5-14-12-17-19(3,9-6-10-20(17,4)18(21)22)16-8-7-13(2)11-15(14)16/h5,11,14-17H,1,6-10,12H2,2-4H3,(H,21,22). The van der Waals surface area contributed by atoms with Gasteiger partial charge in [-0.2, -0.15) is 0 Å². The summed E-state index contributed by atoms with van der Waals surface area (Å²) in [7, 11) is 0. The number of hydrogen-bond acceptors (Lipinski definition) is 1. The molecule has 0 spiro atoms. The Morgan fingerprint density at radius 3 is 2.77 bits per heavy atom. The molecule has 6 atom stereocenters. The van der Waals surface area contributed by atoms with Crippen LogP contribution in [0.5, 0.6) is 0 Å². The third-order valence-electron chi connectivity index (χ3n) is 7.41. The summed E-state index contributed by atoms with van der Waals surface area (Å²) in [6.45, 7) is 10.7. The molecule has 2 nitrogen and oxygen atoms in total. The van der Waals surface area contributed by atoms with Crippen molar-refractivity contribution in [2.24, 2.45) is 34.5 Å². The van der Waals surface area contributed by atoms with Gasteiger partial charge in [-0.15, -0.1) is 6.58 Å². The molecule has 0 heterocycles. The highest BCUT2D eigenvalue weighted by Gasteiger charge is 2.60. The summed E-state index contributed by atoms with van der Waals surface area (Å²) in [5, 5.41) is 9.91. The van der Waals surface area contributed by atoms with Crippen LogP contribution >= 0.6 is 0 Å². The first kappa shape index (κ1) is 15.8. The van der Waals surface area contributed by atoms with Crippen molar-refractivity contribution in [1.82, 2.24) is 0 Å². The van der Waals surface area contributed by atoms with Gasteiger partial charge in [-0.3, -0.25) is 4.79 Å². The van der Waals surface area contributed by atoms with E-state index in [9.17, 15) is 9.90 Å². The highest BCUT2D eigenvalue weighted by atomic mass is 16.4. The lowest BCUT2D eigenvalue weighted by Crippen LogP contribution is -2.57. The molecule has 122 valence electrons. The molecule has 0 radical (unpaired) electrons. The summed E-state index contributed by atoms with van der Waals surface area (Å²) >= 11 is 0. The van der Waals surface area contributed by atoms with E-state index in [0.29, 0.717) is 17.8 Å². The summed E-state index contributed by atoms with van der Waals surface area (Å²) in [5.41, 5.74) is 1.12. The minimum Gasteiger partial charge on any atom is -0.481 e. The maximum absolute atomic E-state index is 12.0. The van der Waals surface area contributed by atoms with E-state index in [4.69, 9.17) is 0 Å². The summed E-state index contributed by atoms with van der Waals surface area (Å²) in [6, 6.07) is 0. The van der Waals surface area contributed by atoms with Gasteiger partial charge in [-0.1, -0.05) is 31.1 Å². The molecule has 0 aromatic heterocycles. The van der Waals surface area contributed by atoms with Crippen LogP contribution in [0.25, 0.3) is 0 Å². The van der Waals surface area contributed by atoms with Crippen molar-refractivity contribution in [2.45, 2.75) is 59.3 Å². The van der Waals surface area contributed by atoms with Gasteiger partial charge in [0.05, 0.1) is 5.41 Å². The molecule has 0 aliphatic heterocycles. The first-order valence-corrected chi connectivity index (χ1v) is 8.86. The highest BCUT2D eigenvalue weighted by Crippen LogP contribution is 2.64. The van der Waals surface area contributed by atoms with E-state index < -0.39 is 11.4 Å². The second kappa shape index (κ2) is 5.25. The number of carbonyl (C=O) groups is 1. The van der Waals surface area contributed by atoms with Crippen LogP contribution < -0.4 is 0 Å². The number of fused-ring (bicyclic) bond motifs is 3. The zero-order valence-electron chi connectivity index (χ0n) is 14.3. The predicted molar refractivity (Wildman–Crippen MR) is 89.5 cm³/mol. The minimum atomic E-state index is -0.591. The molecule has 1 N–H and O–H groups in total. The fourth-order valence-electron chi connectivity index (χ4n) is 6.12. The van der Waals surface area contributed by atoms with Gasteiger partial charge >= 0.3 is 5.97 Å². The largest absolute Gasteiger partial charge is 0.481 e. The molecule has 0 aromatic rings. The van der Waals surface area contributed by atoms with E-state index in [-0.39, 0.29) is 11.3 Å². The van der Waals surface area contributed by atoms with Crippen molar-refractivity contribution in [3.8, 4) is 0 Å². The molecular formula is C20H30O2. The van der Waals surface area contributed by atoms with E-state index in [2.05, 4.69) is 32.6 Å². The van der Waals surface area contributed by atoms with Gasteiger partial charge in [0.25, 0.3) is 0 Å². The fourth-order valence-corrected chi connectivity index (χ4v) is 6.12. The van der Waals surface area contributed by atoms with Crippen LogP contribution in [0.1, 0.15) is 59.3 Å². The van der Waals surface area contributed by atoms with E-state index in [0.717, 1.165) is 19.3 Å². The molecule has 2 fully saturated rings. The minimum absolute atomic E-state index is 0.173. The molecule has 0 amide bonds. The number of allylic oxidation sites excluding steroid dienone is 3. The van der Waals surface area contributed by atoms with Crippen molar-refractivity contribution in [2.75, 3.05) is 0 Å². The number of carboxylic acids is 1. The number of hydrogen-bond donors (Lipinski definition) is 1. The summed E-state index contributed by atoms with van der Waals surface area (Å²) < 4.78 is 0. The van der Waals surface area contributed by atoms with Crippen molar-refractivity contribution in [1.29, 1.82) is 0 Å². The summed E-state index contributed by atoms with van der Waals surface area (Å²) in [6.07, 6.45) is 11.1. The monoisotopic (exact) mass is 302 g/mol. The highest BCUT2D eigenvalue weighted by molar-refractivity contribution is 5.75. The van der Waals surface area contributed by atoms with E-state index in [1.54, 1.807) is 0 Å². The molecule has 0 bridgehead atoms. The van der Waals surface area contributed by atoms with Gasteiger partial charge in [0, 0.05) is 0 Å². The topological polar surface area (TPSA) is 37.3 Å². The lowest BCUT2D eigenvalue weighted by atomic mass is 9.43. The Morgan fingerprint density at radius 2 is 2.14 bits per heavy atom. The zero-order valence-corrected chi connectivity index (χ0v) is 14.3. The third kappa shape index (κ3) is 2.10. The Labute approximate surface area is 134 Å². The first-order valence-electron chi connectivity index (χ1n) is 8.86. The molecule has 22 heavy (non-hydrogen) atoms. The molecule has 3 aliphatic rings. The molecule has 2 heteroatoms. The Balaban J connectivity index is 2.05. The van der Waals surface area contributed by atoms with Gasteiger partial charge < -0.3 is 5.11 Å².